The van der Waals surface area contributed by atoms with Gasteiger partial charge in [0.15, 0.2) is 5.69 Å². The highest BCUT2D eigenvalue weighted by atomic mass is 19.4. The third-order valence-electron chi connectivity index (χ3n) is 5.33. The van der Waals surface area contributed by atoms with E-state index in [9.17, 15) is 18.0 Å². The fourth-order valence-electron chi connectivity index (χ4n) is 3.38. The number of nitrogens with one attached hydrogen (secondary N) is 1. The first kappa shape index (κ1) is 25.3. The minimum Gasteiger partial charge on any atom is -0.497 e. The molecule has 1 atom stereocenters. The van der Waals surface area contributed by atoms with Crippen LogP contribution in [-0.2, 0) is 25.8 Å². The Morgan fingerprint density at radius 3 is 2.44 bits per heavy atom. The van der Waals surface area contributed by atoms with Crippen molar-refractivity contribution in [1.29, 1.82) is 0 Å². The van der Waals surface area contributed by atoms with Gasteiger partial charge in [-0.05, 0) is 42.7 Å². The SMILES string of the molecule is CC[C@@H](C)NC(=O)c1coc(CN(Cc2cccc(OC)c2)Cc2cccc(C(F)(F)F)c2)n1. The van der Waals surface area contributed by atoms with Gasteiger partial charge in [0.2, 0.25) is 5.89 Å². The van der Waals surface area contributed by atoms with Crippen molar-refractivity contribution < 1.29 is 27.1 Å². The number of rotatable bonds is 10. The lowest BCUT2D eigenvalue weighted by Crippen LogP contribution is -2.32. The van der Waals surface area contributed by atoms with Crippen LogP contribution < -0.4 is 10.1 Å². The molecule has 182 valence electrons. The Balaban J connectivity index is 1.81. The molecule has 6 nitrogen and oxygen atoms in total. The summed E-state index contributed by atoms with van der Waals surface area (Å²) in [4.78, 5) is 18.5. The standard InChI is InChI=1S/C25H28F3N3O3/c1-4-17(2)29-24(32)22-16-34-23(30-22)15-31(14-19-8-6-10-21(12-19)33-3)13-18-7-5-9-20(11-18)25(26,27)28/h5-12,16-17H,4,13-15H2,1-3H3,(H,29,32)/t17-/m1/s1. The van der Waals surface area contributed by atoms with E-state index in [0.717, 1.165) is 24.1 Å². The predicted molar refractivity (Wildman–Crippen MR) is 121 cm³/mol. The Morgan fingerprint density at radius 2 is 1.79 bits per heavy atom. The quantitative estimate of drug-likeness (QED) is 0.423. The van der Waals surface area contributed by atoms with Gasteiger partial charge in [0, 0.05) is 19.1 Å². The van der Waals surface area contributed by atoms with Gasteiger partial charge in [-0.25, -0.2) is 4.98 Å². The first-order chi connectivity index (χ1) is 16.2. The lowest BCUT2D eigenvalue weighted by atomic mass is 10.1. The Bertz CT molecular complexity index is 1100. The summed E-state index contributed by atoms with van der Waals surface area (Å²) in [5, 5.41) is 2.83. The van der Waals surface area contributed by atoms with E-state index in [2.05, 4.69) is 10.3 Å². The summed E-state index contributed by atoms with van der Waals surface area (Å²) in [5.41, 5.74) is 0.869. The van der Waals surface area contributed by atoms with Crippen LogP contribution in [0.1, 0.15) is 53.3 Å². The summed E-state index contributed by atoms with van der Waals surface area (Å²) in [6.07, 6.45) is -2.35. The maximum Gasteiger partial charge on any atom is 0.416 e. The molecule has 0 spiro atoms. The van der Waals surface area contributed by atoms with Crippen molar-refractivity contribution in [3.8, 4) is 5.75 Å². The van der Waals surface area contributed by atoms with Crippen molar-refractivity contribution in [3.63, 3.8) is 0 Å². The van der Waals surface area contributed by atoms with E-state index >= 15 is 0 Å². The van der Waals surface area contributed by atoms with Crippen molar-refractivity contribution in [2.45, 2.75) is 52.1 Å². The lowest BCUT2D eigenvalue weighted by Gasteiger charge is -2.22. The van der Waals surface area contributed by atoms with Gasteiger partial charge in [0.25, 0.3) is 5.91 Å². The van der Waals surface area contributed by atoms with Crippen LogP contribution in [0.15, 0.2) is 59.2 Å². The second-order valence-electron chi connectivity index (χ2n) is 8.10. The average molecular weight is 476 g/mol. The average Bonchev–Trinajstić information content (AvgIpc) is 3.27. The number of carbonyl (C=O) groups is 1. The highest BCUT2D eigenvalue weighted by molar-refractivity contribution is 5.92. The number of ether oxygens (including phenoxy) is 1. The number of halogens is 3. The van der Waals surface area contributed by atoms with Crippen molar-refractivity contribution in [3.05, 3.63) is 83.1 Å². The summed E-state index contributed by atoms with van der Waals surface area (Å²) in [6.45, 7) is 4.68. The predicted octanol–water partition coefficient (Wildman–Crippen LogP) is 5.43. The van der Waals surface area contributed by atoms with E-state index in [1.54, 1.807) is 13.2 Å². The molecule has 0 aliphatic carbocycles. The van der Waals surface area contributed by atoms with Crippen molar-refractivity contribution in [2.75, 3.05) is 7.11 Å². The highest BCUT2D eigenvalue weighted by Gasteiger charge is 2.30. The Hall–Kier alpha value is -3.33. The van der Waals surface area contributed by atoms with Gasteiger partial charge in [-0.2, -0.15) is 13.2 Å². The summed E-state index contributed by atoms with van der Waals surface area (Å²) in [5.74, 6) is 0.641. The second kappa shape index (κ2) is 11.2. The molecule has 0 unspecified atom stereocenters. The fraction of sp³-hybridized carbons (Fsp3) is 0.360. The van der Waals surface area contributed by atoms with E-state index in [4.69, 9.17) is 9.15 Å². The summed E-state index contributed by atoms with van der Waals surface area (Å²) in [7, 11) is 1.57. The van der Waals surface area contributed by atoms with Crippen LogP contribution in [0.5, 0.6) is 5.75 Å². The first-order valence-electron chi connectivity index (χ1n) is 10.9. The molecule has 0 bridgehead atoms. The molecule has 0 radical (unpaired) electrons. The molecular weight excluding hydrogens is 447 g/mol. The number of hydrogen-bond acceptors (Lipinski definition) is 5. The molecule has 1 aromatic heterocycles. The molecule has 34 heavy (non-hydrogen) atoms. The summed E-state index contributed by atoms with van der Waals surface area (Å²) >= 11 is 0. The van der Waals surface area contributed by atoms with Crippen LogP contribution in [-0.4, -0.2) is 28.9 Å². The molecule has 0 saturated carbocycles. The molecule has 3 rings (SSSR count). The first-order valence-corrected chi connectivity index (χ1v) is 10.9. The zero-order valence-electron chi connectivity index (χ0n) is 19.4. The van der Waals surface area contributed by atoms with Crippen LogP contribution in [0.2, 0.25) is 0 Å². The lowest BCUT2D eigenvalue weighted by molar-refractivity contribution is -0.137. The van der Waals surface area contributed by atoms with Crippen LogP contribution in [0, 0.1) is 0 Å². The molecule has 1 amide bonds. The minimum atomic E-state index is -4.42. The van der Waals surface area contributed by atoms with E-state index in [1.165, 1.54) is 12.3 Å². The van der Waals surface area contributed by atoms with Gasteiger partial charge in [0.05, 0.1) is 19.2 Å². The largest absolute Gasteiger partial charge is 0.497 e. The van der Waals surface area contributed by atoms with Gasteiger partial charge in [-0.3, -0.25) is 9.69 Å². The number of alkyl halides is 3. The van der Waals surface area contributed by atoms with E-state index in [1.807, 2.05) is 43.0 Å². The molecule has 0 saturated heterocycles. The van der Waals surface area contributed by atoms with Crippen LogP contribution >= 0.6 is 0 Å². The van der Waals surface area contributed by atoms with Gasteiger partial charge in [-0.1, -0.05) is 37.3 Å². The molecule has 3 aromatic rings. The van der Waals surface area contributed by atoms with E-state index in [-0.39, 0.29) is 30.7 Å². The fourth-order valence-corrected chi connectivity index (χ4v) is 3.38. The number of nitrogens with zero attached hydrogens (tertiary/aromatic N) is 2. The smallest absolute Gasteiger partial charge is 0.416 e. The van der Waals surface area contributed by atoms with Crippen LogP contribution in [0.4, 0.5) is 13.2 Å². The van der Waals surface area contributed by atoms with E-state index in [0.29, 0.717) is 23.7 Å². The van der Waals surface area contributed by atoms with Gasteiger partial charge in [0.1, 0.15) is 12.0 Å². The number of methoxy groups -OCH3 is 1. The third-order valence-corrected chi connectivity index (χ3v) is 5.33. The molecule has 2 aromatic carbocycles. The minimum absolute atomic E-state index is 0.00174. The normalized spacial score (nSPS) is 12.6. The summed E-state index contributed by atoms with van der Waals surface area (Å²) < 4.78 is 50.3. The third kappa shape index (κ3) is 7.08. The molecule has 1 N–H and O–H groups in total. The zero-order valence-corrected chi connectivity index (χ0v) is 19.4. The van der Waals surface area contributed by atoms with Crippen molar-refractivity contribution in [2.24, 2.45) is 0 Å². The van der Waals surface area contributed by atoms with Gasteiger partial charge >= 0.3 is 6.18 Å². The maximum absolute atomic E-state index is 13.2. The van der Waals surface area contributed by atoms with Crippen LogP contribution in [0.3, 0.4) is 0 Å². The van der Waals surface area contributed by atoms with Crippen LogP contribution in [0.25, 0.3) is 0 Å². The maximum atomic E-state index is 13.2. The Labute approximate surface area is 196 Å². The van der Waals surface area contributed by atoms with Gasteiger partial charge < -0.3 is 14.5 Å². The number of carbonyl (C=O) groups excluding carboxylic acids is 1. The number of amides is 1. The van der Waals surface area contributed by atoms with Crippen molar-refractivity contribution >= 4 is 5.91 Å². The molecule has 0 aliphatic heterocycles. The molecule has 0 aliphatic rings. The zero-order chi connectivity index (χ0) is 24.7. The molecular formula is C25H28F3N3O3. The Kier molecular flexibility index (Phi) is 8.33. The van der Waals surface area contributed by atoms with Crippen molar-refractivity contribution in [1.82, 2.24) is 15.2 Å². The molecule has 0 fully saturated rings. The van der Waals surface area contributed by atoms with E-state index < -0.39 is 11.7 Å². The number of benzene rings is 2. The molecule has 1 heterocycles. The topological polar surface area (TPSA) is 67.6 Å². The monoisotopic (exact) mass is 475 g/mol. The van der Waals surface area contributed by atoms with Gasteiger partial charge in [-0.15, -0.1) is 0 Å². The summed E-state index contributed by atoms with van der Waals surface area (Å²) in [6, 6.07) is 12.7. The number of oxazole rings is 1. The number of hydrogen-bond donors (Lipinski definition) is 1. The number of aromatic nitrogens is 1. The highest BCUT2D eigenvalue weighted by Crippen LogP contribution is 2.30. The second-order valence-corrected chi connectivity index (χ2v) is 8.10. The Morgan fingerprint density at radius 1 is 1.12 bits per heavy atom. The molecule has 9 heteroatoms.